The van der Waals surface area contributed by atoms with Crippen LogP contribution in [-0.2, 0) is 126 Å². The van der Waals surface area contributed by atoms with Crippen molar-refractivity contribution >= 4 is 71.4 Å². The van der Waals surface area contributed by atoms with Gasteiger partial charge in [0.15, 0.2) is 36.1 Å². The van der Waals surface area contributed by atoms with Crippen molar-refractivity contribution in [3.63, 3.8) is 0 Å². The first-order chi connectivity index (χ1) is 66.8. The lowest BCUT2D eigenvalue weighted by Gasteiger charge is -2.32. The molecule has 6 aromatic rings. The Labute approximate surface area is 827 Å². The summed E-state index contributed by atoms with van der Waals surface area (Å²) in [6.45, 7) is 17.5. The molecule has 0 saturated carbocycles. The van der Waals surface area contributed by atoms with Gasteiger partial charge in [0.2, 0.25) is 23.6 Å². The van der Waals surface area contributed by atoms with E-state index in [0.717, 1.165) is 84.1 Å². The Morgan fingerprint density at radius 1 is 0.433 bits per heavy atom. The zero-order chi connectivity index (χ0) is 105. The van der Waals surface area contributed by atoms with Gasteiger partial charge in [-0.2, -0.15) is 0 Å². The normalized spacial score (nSPS) is 14.6. The minimum absolute atomic E-state index is 0.0324. The third-order valence-corrected chi connectivity index (χ3v) is 30.8. The van der Waals surface area contributed by atoms with Gasteiger partial charge in [-0.1, -0.05) is 180 Å². The molecule has 30 nitrogen and oxygen atoms in total. The number of hydrogen-bond acceptors (Lipinski definition) is 23. The molecule has 1 aliphatic heterocycles. The Bertz CT molecular complexity index is 5280. The molecule has 0 aliphatic carbocycles. The second kappa shape index (κ2) is 61.6. The van der Waals surface area contributed by atoms with E-state index in [1.54, 1.807) is 18.2 Å². The van der Waals surface area contributed by atoms with Gasteiger partial charge in [-0.05, 0) is 164 Å². The number of nitrogens with one attached hydrogen (secondary N) is 3. The van der Waals surface area contributed by atoms with Crippen molar-refractivity contribution in [2.45, 2.75) is 287 Å². The van der Waals surface area contributed by atoms with Crippen LogP contribution < -0.4 is 33.2 Å². The molecular formula is C102H146F6N10O20S3. The van der Waals surface area contributed by atoms with Crippen molar-refractivity contribution in [2.24, 2.45) is 17.2 Å². The number of carbonyl (C=O) groups excluding carboxylic acids is 7. The Kier molecular flexibility index (Phi) is 53.0. The van der Waals surface area contributed by atoms with Gasteiger partial charge in [-0.3, -0.25) is 19.2 Å². The van der Waals surface area contributed by atoms with Gasteiger partial charge in [0.1, 0.15) is 65.7 Å². The molecule has 141 heavy (non-hydrogen) atoms. The third kappa shape index (κ3) is 42.7. The number of benzene rings is 6. The fourth-order valence-electron chi connectivity index (χ4n) is 16.6. The standard InChI is InChI=1S/C36H52F2N4O7S.C33H49F2N3O7S.C33H45F2N3O6S/c1-5-9-31(10-6-2)50(47,48)23-33(40-36(46)49-30-13-14-41(21-30)24(4)43)35(45)42(20-26-12-8-11-25(7-3)15-26)22-34(44)32(39)18-27-16-28(37)19-29(38)17-27;1-5-9-28(10-6-2)46(42,43)22-30(37-33(41)45-14-13-44-4)32(40)38(20-24-12-8-11-23(7-3)15-24)21-31(39)29(36)18-25-16-26(34)19-27(35)17-25;1-5-10-28(11-6-2)45(42,43)22-30(37-33(41)44-14-7-3)32(40)38(20-24-13-9-12-23(8-4)15-24)21-31(39)29(36)18-25-16-26(34)19-27(35)17-25/h8,11-12,15-17,19,30-34,44H,5-7,9-10,13-14,18,20-23,39H2,1-4H3,(H,40,46);8,11-12,15-17,19,28-31,39H,5-7,9-10,13-14,18,20-22,36H2,1-4H3,(H,37,41);3,9,12-13,15-17,19,28-31,39H,5-6,8,10-11,14,18,20-22,36H2,1-2,4H3,(H,37,41)/t30-,32+,33?,34-;2*29-,30+,31+/m100/s1. The second-order valence-electron chi connectivity index (χ2n) is 35.7. The summed E-state index contributed by atoms with van der Waals surface area (Å²) < 4.78 is 185. The van der Waals surface area contributed by atoms with Crippen molar-refractivity contribution in [3.8, 4) is 12.3 Å². The zero-order valence-electron chi connectivity index (χ0n) is 82.8. The van der Waals surface area contributed by atoms with E-state index in [9.17, 15) is 100 Å². The Morgan fingerprint density at radius 2 is 0.716 bits per heavy atom. The molecule has 0 bridgehead atoms. The lowest BCUT2D eigenvalue weighted by atomic mass is 10.0. The lowest BCUT2D eigenvalue weighted by Crippen LogP contribution is -2.55. The summed E-state index contributed by atoms with van der Waals surface area (Å²) in [6, 6.07) is 23.2. The summed E-state index contributed by atoms with van der Waals surface area (Å²) >= 11 is 0. The van der Waals surface area contributed by atoms with E-state index >= 15 is 0 Å². The summed E-state index contributed by atoms with van der Waals surface area (Å²) in [7, 11) is -10.3. The van der Waals surface area contributed by atoms with Crippen molar-refractivity contribution in [2.75, 3.05) is 76.9 Å². The van der Waals surface area contributed by atoms with Crippen LogP contribution in [0.25, 0.3) is 0 Å². The summed E-state index contributed by atoms with van der Waals surface area (Å²) in [5, 5.41) is 38.6. The highest BCUT2D eigenvalue weighted by Crippen LogP contribution is 2.27. The molecule has 1 unspecified atom stereocenters. The van der Waals surface area contributed by atoms with Crippen molar-refractivity contribution in [1.82, 2.24) is 35.6 Å². The van der Waals surface area contributed by atoms with Crippen LogP contribution in [0.2, 0.25) is 0 Å². The molecule has 6 aromatic carbocycles. The van der Waals surface area contributed by atoms with Crippen LogP contribution in [0.5, 0.6) is 0 Å². The van der Waals surface area contributed by atoms with Gasteiger partial charge in [0, 0.05) is 103 Å². The molecular weight excluding hydrogens is 1900 g/mol. The van der Waals surface area contributed by atoms with E-state index in [2.05, 4.69) is 21.9 Å². The van der Waals surface area contributed by atoms with Crippen LogP contribution in [0.3, 0.4) is 0 Å². The second-order valence-corrected chi connectivity index (χ2v) is 42.7. The maximum Gasteiger partial charge on any atom is 0.408 e. The first kappa shape index (κ1) is 121. The number of rotatable bonds is 56. The highest BCUT2D eigenvalue weighted by atomic mass is 32.2. The van der Waals surface area contributed by atoms with E-state index in [-0.39, 0.29) is 101 Å². The molecule has 1 heterocycles. The fraction of sp³-hybridized carbons (Fsp3) is 0.559. The number of likely N-dealkylation sites (tertiary alicyclic amines) is 1. The number of hydrogen-bond donors (Lipinski definition) is 9. The van der Waals surface area contributed by atoms with Crippen LogP contribution in [-0.4, -0.2) is 255 Å². The number of terminal acetylenes is 1. The molecule has 0 radical (unpaired) electrons. The number of methoxy groups -OCH3 is 1. The number of ether oxygens (including phenoxy) is 4. The molecule has 12 N–H and O–H groups in total. The summed E-state index contributed by atoms with van der Waals surface area (Å²) in [6.07, 6.45) is 5.57. The molecule has 1 saturated heterocycles. The van der Waals surface area contributed by atoms with E-state index in [1.165, 1.54) is 33.6 Å². The number of aliphatic hydroxyl groups excluding tert-OH is 3. The Balaban J connectivity index is 0.000000373. The van der Waals surface area contributed by atoms with Gasteiger partial charge in [0.25, 0.3) is 0 Å². The molecule has 0 aromatic heterocycles. The van der Waals surface area contributed by atoms with Crippen molar-refractivity contribution < 1.29 is 119 Å². The first-order valence-electron chi connectivity index (χ1n) is 48.2. The van der Waals surface area contributed by atoms with Crippen LogP contribution >= 0.6 is 0 Å². The number of aryl methyl sites for hydroxylation is 3. The minimum Gasteiger partial charge on any atom is -0.447 e. The maximum absolute atomic E-state index is 14.4. The molecule has 0 spiro atoms. The average molecular weight is 2040 g/mol. The maximum atomic E-state index is 14.4. The summed E-state index contributed by atoms with van der Waals surface area (Å²) in [5.74, 6) is -7.20. The SMILES string of the molecule is C#CCOC(=O)N[C@H](CS(=O)(=O)C(CCC)CCC)C(=O)N(Cc1cccc(CC)c1)C[C@@H](O)[C@@H](N)Cc1cc(F)cc(F)c1.CCCC(CCC)S(=O)(=O)CC(NC(=O)O[C@@H]1CCN(C(C)=O)C1)C(=O)N(Cc1cccc(CC)c1)C[C@@H](O)[C@@H](N)Cc1cc(F)cc(F)c1.CCCC(CCC)S(=O)(=O)C[C@@H](NC(=O)OCCOC)C(=O)N(Cc1cccc(CC)c1)C[C@@H](O)[C@@H](N)Cc1cc(F)cc(F)c1. The van der Waals surface area contributed by atoms with Gasteiger partial charge < -0.3 is 87.0 Å². The Morgan fingerprint density at radius 3 is 0.979 bits per heavy atom. The van der Waals surface area contributed by atoms with E-state index in [0.29, 0.717) is 113 Å². The molecule has 1 fully saturated rings. The predicted octanol–water partition coefficient (Wildman–Crippen LogP) is 11.7. The number of sulfone groups is 3. The molecule has 1 aliphatic rings. The number of amides is 7. The number of halogens is 6. The zero-order valence-corrected chi connectivity index (χ0v) is 85.3. The molecule has 7 amide bonds. The fourth-order valence-corrected chi connectivity index (χ4v) is 23.0. The van der Waals surface area contributed by atoms with Crippen LogP contribution in [0.4, 0.5) is 40.7 Å². The number of alkyl carbamates (subject to hydrolysis) is 3. The topological polar surface area (TPSA) is 447 Å². The van der Waals surface area contributed by atoms with Gasteiger partial charge in [-0.15, -0.1) is 6.42 Å². The van der Waals surface area contributed by atoms with Crippen molar-refractivity contribution in [1.29, 1.82) is 0 Å². The largest absolute Gasteiger partial charge is 0.447 e. The predicted molar refractivity (Wildman–Crippen MR) is 529 cm³/mol. The molecule has 784 valence electrons. The number of nitrogens with zero attached hydrogens (tertiary/aromatic N) is 4. The number of aliphatic hydroxyl groups is 3. The first-order valence-corrected chi connectivity index (χ1v) is 53.4. The van der Waals surface area contributed by atoms with Gasteiger partial charge in [0.05, 0.1) is 64.5 Å². The Hall–Kier alpha value is -10.3. The van der Waals surface area contributed by atoms with Crippen LogP contribution in [0.1, 0.15) is 203 Å². The highest BCUT2D eigenvalue weighted by molar-refractivity contribution is 7.92. The van der Waals surface area contributed by atoms with E-state index in [1.807, 2.05) is 117 Å². The summed E-state index contributed by atoms with van der Waals surface area (Å²) in [5.41, 5.74) is 24.5. The van der Waals surface area contributed by atoms with Gasteiger partial charge in [-0.25, -0.2) is 66.0 Å². The lowest BCUT2D eigenvalue weighted by molar-refractivity contribution is -0.135. The number of carbonyl (C=O) groups is 7. The smallest absolute Gasteiger partial charge is 0.408 e. The van der Waals surface area contributed by atoms with E-state index in [4.69, 9.17) is 42.6 Å². The monoisotopic (exact) mass is 2040 g/mol. The highest BCUT2D eigenvalue weighted by Gasteiger charge is 2.41. The molecule has 7 rings (SSSR count). The van der Waals surface area contributed by atoms with E-state index < -0.39 is 201 Å². The molecule has 10 atom stereocenters. The van der Waals surface area contributed by atoms with Gasteiger partial charge >= 0.3 is 18.3 Å². The third-order valence-electron chi connectivity index (χ3n) is 24.0. The molecule has 39 heteroatoms. The van der Waals surface area contributed by atoms with Crippen LogP contribution in [0, 0.1) is 47.2 Å². The van der Waals surface area contributed by atoms with Crippen LogP contribution in [0.15, 0.2) is 127 Å². The van der Waals surface area contributed by atoms with Crippen molar-refractivity contribution in [3.05, 3.63) is 212 Å². The quantitative estimate of drug-likeness (QED) is 0.00741. The minimum atomic E-state index is -3.92. The number of nitrogens with two attached hydrogens (primary N) is 3. The summed E-state index contributed by atoms with van der Waals surface area (Å²) in [4.78, 5) is 98.3. The average Bonchev–Trinajstić information content (AvgIpc) is 0.938.